The summed E-state index contributed by atoms with van der Waals surface area (Å²) < 4.78 is 0. The Labute approximate surface area is 161 Å². The number of hydrogen-bond donors (Lipinski definition) is 3. The number of carboxylic acid groups (broad SMARTS) is 1. The predicted octanol–water partition coefficient (Wildman–Crippen LogP) is 4.37. The lowest BCUT2D eigenvalue weighted by molar-refractivity contribution is -0.136. The number of nitrogens with one attached hydrogen (secondary N) is 2. The molecular formula is C18H18ClN5O3. The first-order valence-corrected chi connectivity index (χ1v) is 8.50. The molecule has 2 aromatic rings. The van der Waals surface area contributed by atoms with Gasteiger partial charge in [0.05, 0.1) is 35.3 Å². The monoisotopic (exact) mass is 387 g/mol. The van der Waals surface area contributed by atoms with E-state index in [1.54, 1.807) is 12.1 Å². The first-order valence-electron chi connectivity index (χ1n) is 8.12. The molecule has 0 atom stereocenters. The summed E-state index contributed by atoms with van der Waals surface area (Å²) in [6.07, 6.45) is 0.308. The number of halogens is 1. The molecule has 0 heterocycles. The number of nitriles is 1. The minimum absolute atomic E-state index is 0.00285. The van der Waals surface area contributed by atoms with Gasteiger partial charge in [0.2, 0.25) is 0 Å². The van der Waals surface area contributed by atoms with Crippen LogP contribution < -0.4 is 15.8 Å². The molecule has 0 fully saturated rings. The minimum atomic E-state index is -0.882. The molecule has 0 amide bonds. The standard InChI is InChI=1S/C18H18ClN5O3/c19-16-12-14(23-27)4-7-17(16)22-21-13-2-5-15(6-3-13)24(10-1-9-20)11-8-18(25)26/h2-7,12,21-22H,1,8,10-11H2,(H,25,26). The lowest BCUT2D eigenvalue weighted by Gasteiger charge is -2.23. The molecule has 9 heteroatoms. The molecule has 0 radical (unpaired) electrons. The van der Waals surface area contributed by atoms with Crippen molar-refractivity contribution in [2.45, 2.75) is 12.8 Å². The van der Waals surface area contributed by atoms with E-state index in [1.165, 1.54) is 6.07 Å². The third-order valence-corrected chi connectivity index (χ3v) is 4.03. The summed E-state index contributed by atoms with van der Waals surface area (Å²) >= 11 is 6.07. The molecule has 0 spiro atoms. The van der Waals surface area contributed by atoms with E-state index in [0.717, 1.165) is 11.4 Å². The Morgan fingerprint density at radius 1 is 1.19 bits per heavy atom. The van der Waals surface area contributed by atoms with Crippen LogP contribution in [-0.4, -0.2) is 24.2 Å². The van der Waals surface area contributed by atoms with Gasteiger partial charge >= 0.3 is 5.97 Å². The number of carboxylic acids is 1. The molecule has 3 N–H and O–H groups in total. The number of aliphatic carboxylic acids is 1. The van der Waals surface area contributed by atoms with Crippen LogP contribution in [0.15, 0.2) is 47.6 Å². The first-order chi connectivity index (χ1) is 13.0. The van der Waals surface area contributed by atoms with Crippen molar-refractivity contribution in [1.82, 2.24) is 0 Å². The molecule has 0 aliphatic rings. The highest BCUT2D eigenvalue weighted by Gasteiger charge is 2.09. The number of nitrogens with zero attached hydrogens (tertiary/aromatic N) is 3. The Balaban J connectivity index is 2.01. The van der Waals surface area contributed by atoms with Crippen LogP contribution >= 0.6 is 11.6 Å². The molecule has 0 saturated carbocycles. The average Bonchev–Trinajstić information content (AvgIpc) is 2.67. The molecule has 0 unspecified atom stereocenters. The maximum absolute atomic E-state index is 10.8. The SMILES string of the molecule is N#CCCN(CCC(=O)O)c1ccc(NNc2ccc(N=O)cc2Cl)cc1. The topological polar surface area (TPSA) is 118 Å². The fourth-order valence-corrected chi connectivity index (χ4v) is 2.56. The third-order valence-electron chi connectivity index (χ3n) is 3.72. The molecule has 0 aliphatic heterocycles. The molecule has 8 nitrogen and oxygen atoms in total. The lowest BCUT2D eigenvalue weighted by Crippen LogP contribution is -2.27. The third kappa shape index (κ3) is 6.17. The molecule has 140 valence electrons. The number of benzene rings is 2. The summed E-state index contributed by atoms with van der Waals surface area (Å²) in [7, 11) is 0. The Morgan fingerprint density at radius 2 is 1.93 bits per heavy atom. The number of rotatable bonds is 10. The molecule has 27 heavy (non-hydrogen) atoms. The second-order valence-electron chi connectivity index (χ2n) is 5.59. The van der Waals surface area contributed by atoms with Crippen molar-refractivity contribution in [2.24, 2.45) is 5.18 Å². The van der Waals surface area contributed by atoms with Crippen LogP contribution in [0, 0.1) is 16.2 Å². The van der Waals surface area contributed by atoms with Gasteiger partial charge in [-0.15, -0.1) is 4.91 Å². The molecule has 0 aliphatic carbocycles. The number of nitroso groups, excluding NO2 is 1. The van der Waals surface area contributed by atoms with Crippen LogP contribution in [-0.2, 0) is 4.79 Å². The Kier molecular flexibility index (Phi) is 7.40. The van der Waals surface area contributed by atoms with Crippen molar-refractivity contribution < 1.29 is 9.90 Å². The quantitative estimate of drug-likeness (QED) is 0.409. The maximum atomic E-state index is 10.8. The van der Waals surface area contributed by atoms with Gasteiger partial charge in [0, 0.05) is 18.8 Å². The molecule has 2 rings (SSSR count). The van der Waals surface area contributed by atoms with Crippen molar-refractivity contribution in [1.29, 1.82) is 5.26 Å². The van der Waals surface area contributed by atoms with Gasteiger partial charge in [-0.25, -0.2) is 0 Å². The largest absolute Gasteiger partial charge is 0.481 e. The summed E-state index contributed by atoms with van der Waals surface area (Å²) in [5, 5.41) is 20.8. The van der Waals surface area contributed by atoms with E-state index in [-0.39, 0.29) is 12.1 Å². The molecule has 0 bridgehead atoms. The van der Waals surface area contributed by atoms with Crippen LogP contribution in [0.5, 0.6) is 0 Å². The zero-order valence-electron chi connectivity index (χ0n) is 14.4. The summed E-state index contributed by atoms with van der Waals surface area (Å²) in [4.78, 5) is 23.2. The molecule has 0 aromatic heterocycles. The molecular weight excluding hydrogens is 370 g/mol. The summed E-state index contributed by atoms with van der Waals surface area (Å²) in [6.45, 7) is 0.788. The summed E-state index contributed by atoms with van der Waals surface area (Å²) in [5.41, 5.74) is 8.35. The summed E-state index contributed by atoms with van der Waals surface area (Å²) in [6, 6.07) is 14.0. The zero-order chi connectivity index (χ0) is 19.6. The van der Waals surface area contributed by atoms with Gasteiger partial charge in [0.25, 0.3) is 0 Å². The average molecular weight is 388 g/mol. The van der Waals surface area contributed by atoms with E-state index >= 15 is 0 Å². The van der Waals surface area contributed by atoms with E-state index in [4.69, 9.17) is 22.0 Å². The van der Waals surface area contributed by atoms with E-state index in [0.29, 0.717) is 30.2 Å². The van der Waals surface area contributed by atoms with Crippen LogP contribution in [0.4, 0.5) is 22.7 Å². The van der Waals surface area contributed by atoms with Gasteiger partial charge in [-0.05, 0) is 47.6 Å². The van der Waals surface area contributed by atoms with Crippen LogP contribution in [0.2, 0.25) is 5.02 Å². The summed E-state index contributed by atoms with van der Waals surface area (Å²) in [5.74, 6) is -0.882. The van der Waals surface area contributed by atoms with Gasteiger partial charge in [-0.1, -0.05) is 11.6 Å². The predicted molar refractivity (Wildman–Crippen MR) is 105 cm³/mol. The number of anilines is 3. The normalized spacial score (nSPS) is 9.93. The maximum Gasteiger partial charge on any atom is 0.305 e. The highest BCUT2D eigenvalue weighted by atomic mass is 35.5. The highest BCUT2D eigenvalue weighted by molar-refractivity contribution is 6.33. The van der Waals surface area contributed by atoms with Gasteiger partial charge in [-0.3, -0.25) is 10.2 Å². The smallest absolute Gasteiger partial charge is 0.305 e. The van der Waals surface area contributed by atoms with Crippen LogP contribution in [0.1, 0.15) is 12.8 Å². The fourth-order valence-electron chi connectivity index (χ4n) is 2.34. The Morgan fingerprint density at radius 3 is 2.52 bits per heavy atom. The van der Waals surface area contributed by atoms with Gasteiger partial charge < -0.3 is 15.4 Å². The number of hydrogen-bond acceptors (Lipinski definition) is 7. The molecule has 2 aromatic carbocycles. The molecule has 0 saturated heterocycles. The van der Waals surface area contributed by atoms with E-state index in [9.17, 15) is 9.70 Å². The van der Waals surface area contributed by atoms with Gasteiger partial charge in [0.1, 0.15) is 5.69 Å². The van der Waals surface area contributed by atoms with Crippen LogP contribution in [0.25, 0.3) is 0 Å². The van der Waals surface area contributed by atoms with Gasteiger partial charge in [-0.2, -0.15) is 5.26 Å². The minimum Gasteiger partial charge on any atom is -0.481 e. The first kappa shape index (κ1) is 20.0. The number of hydrazine groups is 1. The van der Waals surface area contributed by atoms with E-state index < -0.39 is 5.97 Å². The zero-order valence-corrected chi connectivity index (χ0v) is 15.1. The van der Waals surface area contributed by atoms with Crippen molar-refractivity contribution in [3.8, 4) is 6.07 Å². The highest BCUT2D eigenvalue weighted by Crippen LogP contribution is 2.27. The van der Waals surface area contributed by atoms with Crippen molar-refractivity contribution in [2.75, 3.05) is 28.8 Å². The van der Waals surface area contributed by atoms with Crippen LogP contribution in [0.3, 0.4) is 0 Å². The lowest BCUT2D eigenvalue weighted by atomic mass is 10.2. The Bertz CT molecular complexity index is 836. The number of carbonyl (C=O) groups is 1. The van der Waals surface area contributed by atoms with E-state index in [1.807, 2.05) is 29.2 Å². The van der Waals surface area contributed by atoms with Crippen molar-refractivity contribution >= 4 is 40.3 Å². The fraction of sp³-hybridized carbons (Fsp3) is 0.222. The van der Waals surface area contributed by atoms with Crippen molar-refractivity contribution in [3.05, 3.63) is 52.4 Å². The van der Waals surface area contributed by atoms with E-state index in [2.05, 4.69) is 22.1 Å². The Hall–Kier alpha value is -3.31. The van der Waals surface area contributed by atoms with Crippen molar-refractivity contribution in [3.63, 3.8) is 0 Å². The second-order valence-corrected chi connectivity index (χ2v) is 6.00. The second kappa shape index (κ2) is 9.99. The van der Waals surface area contributed by atoms with Gasteiger partial charge in [0.15, 0.2) is 0 Å².